The molecular formula is C10H18N4. The SMILES string of the molecule is CCCC1CNc2c(C)nn(C)c2N1. The predicted molar refractivity (Wildman–Crippen MR) is 58.8 cm³/mol. The van der Waals surface area contributed by atoms with Crippen LogP contribution in [0.4, 0.5) is 11.5 Å². The van der Waals surface area contributed by atoms with Gasteiger partial charge in [-0.2, -0.15) is 5.10 Å². The van der Waals surface area contributed by atoms with Crippen molar-refractivity contribution in [3.63, 3.8) is 0 Å². The number of rotatable bonds is 2. The molecule has 0 amide bonds. The Balaban J connectivity index is 2.21. The van der Waals surface area contributed by atoms with Crippen molar-refractivity contribution in [3.05, 3.63) is 5.69 Å². The summed E-state index contributed by atoms with van der Waals surface area (Å²) >= 11 is 0. The van der Waals surface area contributed by atoms with E-state index in [9.17, 15) is 0 Å². The van der Waals surface area contributed by atoms with Crippen LogP contribution in [0.25, 0.3) is 0 Å². The van der Waals surface area contributed by atoms with Crippen LogP contribution in [0.15, 0.2) is 0 Å². The summed E-state index contributed by atoms with van der Waals surface area (Å²) < 4.78 is 1.92. The number of nitrogens with zero attached hydrogens (tertiary/aromatic N) is 2. The second-order valence-electron chi connectivity index (χ2n) is 3.94. The highest BCUT2D eigenvalue weighted by Crippen LogP contribution is 2.29. The first kappa shape index (κ1) is 9.37. The van der Waals surface area contributed by atoms with Crippen LogP contribution in [0.2, 0.25) is 0 Å². The lowest BCUT2D eigenvalue weighted by Crippen LogP contribution is -2.33. The van der Waals surface area contributed by atoms with Crippen molar-refractivity contribution in [2.75, 3.05) is 17.2 Å². The van der Waals surface area contributed by atoms with Gasteiger partial charge in [0.05, 0.1) is 5.69 Å². The van der Waals surface area contributed by atoms with Gasteiger partial charge in [-0.15, -0.1) is 0 Å². The van der Waals surface area contributed by atoms with Crippen LogP contribution < -0.4 is 10.6 Å². The minimum Gasteiger partial charge on any atom is -0.378 e. The second-order valence-corrected chi connectivity index (χ2v) is 3.94. The van der Waals surface area contributed by atoms with Crippen molar-refractivity contribution in [2.24, 2.45) is 7.05 Å². The first-order valence-electron chi connectivity index (χ1n) is 5.26. The number of hydrogen-bond donors (Lipinski definition) is 2. The monoisotopic (exact) mass is 194 g/mol. The summed E-state index contributed by atoms with van der Waals surface area (Å²) in [6, 6.07) is 0.544. The normalized spacial score (nSPS) is 19.8. The molecule has 1 aliphatic heterocycles. The number of fused-ring (bicyclic) bond motifs is 1. The van der Waals surface area contributed by atoms with E-state index in [4.69, 9.17) is 0 Å². The van der Waals surface area contributed by atoms with Gasteiger partial charge in [-0.1, -0.05) is 13.3 Å². The average molecular weight is 194 g/mol. The van der Waals surface area contributed by atoms with E-state index in [-0.39, 0.29) is 0 Å². The maximum atomic E-state index is 4.38. The van der Waals surface area contributed by atoms with Gasteiger partial charge in [0.15, 0.2) is 0 Å². The maximum Gasteiger partial charge on any atom is 0.148 e. The Kier molecular flexibility index (Phi) is 2.35. The van der Waals surface area contributed by atoms with E-state index in [1.165, 1.54) is 18.5 Å². The topological polar surface area (TPSA) is 41.9 Å². The van der Waals surface area contributed by atoms with E-state index in [0.29, 0.717) is 6.04 Å². The molecule has 0 spiro atoms. The van der Waals surface area contributed by atoms with Crippen LogP contribution in [0.3, 0.4) is 0 Å². The molecule has 2 rings (SSSR count). The van der Waals surface area contributed by atoms with Gasteiger partial charge >= 0.3 is 0 Å². The molecule has 2 heterocycles. The summed E-state index contributed by atoms with van der Waals surface area (Å²) in [6.07, 6.45) is 2.42. The molecule has 1 atom stereocenters. The predicted octanol–water partition coefficient (Wildman–Crippen LogP) is 1.73. The Morgan fingerprint density at radius 2 is 2.36 bits per heavy atom. The highest BCUT2D eigenvalue weighted by molar-refractivity contribution is 5.70. The molecule has 0 radical (unpaired) electrons. The summed E-state index contributed by atoms with van der Waals surface area (Å²) in [5.41, 5.74) is 2.24. The Morgan fingerprint density at radius 3 is 3.07 bits per heavy atom. The molecule has 4 nitrogen and oxygen atoms in total. The molecule has 0 saturated carbocycles. The van der Waals surface area contributed by atoms with Crippen LogP contribution >= 0.6 is 0 Å². The lowest BCUT2D eigenvalue weighted by molar-refractivity contribution is 0.641. The molecule has 1 aromatic heterocycles. The van der Waals surface area contributed by atoms with Crippen LogP contribution in [0.1, 0.15) is 25.5 Å². The lowest BCUT2D eigenvalue weighted by Gasteiger charge is -2.26. The highest BCUT2D eigenvalue weighted by Gasteiger charge is 2.21. The fraction of sp³-hybridized carbons (Fsp3) is 0.700. The summed E-state index contributed by atoms with van der Waals surface area (Å²) in [7, 11) is 1.98. The number of anilines is 2. The number of aryl methyl sites for hydroxylation is 2. The molecule has 0 saturated heterocycles. The lowest BCUT2D eigenvalue weighted by atomic mass is 10.1. The smallest absolute Gasteiger partial charge is 0.148 e. The van der Waals surface area contributed by atoms with E-state index in [2.05, 4.69) is 22.7 Å². The highest BCUT2D eigenvalue weighted by atomic mass is 15.3. The van der Waals surface area contributed by atoms with Crippen molar-refractivity contribution in [1.29, 1.82) is 0 Å². The average Bonchev–Trinajstić information content (AvgIpc) is 2.43. The number of hydrogen-bond acceptors (Lipinski definition) is 3. The zero-order valence-electron chi connectivity index (χ0n) is 9.09. The van der Waals surface area contributed by atoms with E-state index in [0.717, 1.165) is 18.1 Å². The summed E-state index contributed by atoms with van der Waals surface area (Å²) in [5.74, 6) is 1.13. The van der Waals surface area contributed by atoms with Crippen molar-refractivity contribution in [1.82, 2.24) is 9.78 Å². The molecule has 0 aliphatic carbocycles. The zero-order valence-corrected chi connectivity index (χ0v) is 9.09. The fourth-order valence-corrected chi connectivity index (χ4v) is 2.03. The first-order chi connectivity index (χ1) is 6.72. The van der Waals surface area contributed by atoms with Crippen molar-refractivity contribution >= 4 is 11.5 Å². The molecule has 78 valence electrons. The van der Waals surface area contributed by atoms with Crippen molar-refractivity contribution in [3.8, 4) is 0 Å². The molecule has 0 aromatic carbocycles. The molecule has 0 fully saturated rings. The van der Waals surface area contributed by atoms with E-state index < -0.39 is 0 Å². The molecule has 4 heteroatoms. The fourth-order valence-electron chi connectivity index (χ4n) is 2.03. The standard InChI is InChI=1S/C10H18N4/c1-4-5-8-6-11-9-7(2)13-14(3)10(9)12-8/h8,11-12H,4-6H2,1-3H3. The van der Waals surface area contributed by atoms with Crippen LogP contribution in [-0.4, -0.2) is 22.4 Å². The third-order valence-electron chi connectivity index (χ3n) is 2.73. The first-order valence-corrected chi connectivity index (χ1v) is 5.26. The summed E-state index contributed by atoms with van der Waals surface area (Å²) in [4.78, 5) is 0. The quantitative estimate of drug-likeness (QED) is 0.753. The van der Waals surface area contributed by atoms with Crippen molar-refractivity contribution in [2.45, 2.75) is 32.7 Å². The minimum atomic E-state index is 0.544. The summed E-state index contributed by atoms with van der Waals surface area (Å²) in [6.45, 7) is 5.26. The third kappa shape index (κ3) is 1.45. The van der Waals surface area contributed by atoms with Gasteiger partial charge in [0, 0.05) is 19.6 Å². The van der Waals surface area contributed by atoms with Gasteiger partial charge < -0.3 is 10.6 Å². The van der Waals surface area contributed by atoms with Crippen molar-refractivity contribution < 1.29 is 0 Å². The Bertz CT molecular complexity index is 329. The summed E-state index contributed by atoms with van der Waals surface area (Å²) in [5, 5.41) is 11.3. The van der Waals surface area contributed by atoms with Gasteiger partial charge in [-0.05, 0) is 13.3 Å². The molecule has 1 aliphatic rings. The largest absolute Gasteiger partial charge is 0.378 e. The molecule has 1 unspecified atom stereocenters. The van der Waals surface area contributed by atoms with E-state index >= 15 is 0 Å². The van der Waals surface area contributed by atoms with Gasteiger partial charge in [0.1, 0.15) is 11.5 Å². The van der Waals surface area contributed by atoms with E-state index in [1.54, 1.807) is 0 Å². The Labute approximate surface area is 84.7 Å². The minimum absolute atomic E-state index is 0.544. The molecular weight excluding hydrogens is 176 g/mol. The molecule has 0 bridgehead atoms. The van der Waals surface area contributed by atoms with Gasteiger partial charge in [-0.3, -0.25) is 4.68 Å². The van der Waals surface area contributed by atoms with Crippen LogP contribution in [-0.2, 0) is 7.05 Å². The molecule has 14 heavy (non-hydrogen) atoms. The molecule has 1 aromatic rings. The maximum absolute atomic E-state index is 4.38. The number of aromatic nitrogens is 2. The van der Waals surface area contributed by atoms with Crippen LogP contribution in [0.5, 0.6) is 0 Å². The Hall–Kier alpha value is -1.19. The zero-order chi connectivity index (χ0) is 10.1. The van der Waals surface area contributed by atoms with Gasteiger partial charge in [-0.25, -0.2) is 0 Å². The Morgan fingerprint density at radius 1 is 1.57 bits per heavy atom. The van der Waals surface area contributed by atoms with Crippen LogP contribution in [0, 0.1) is 6.92 Å². The molecule has 2 N–H and O–H groups in total. The van der Waals surface area contributed by atoms with Gasteiger partial charge in [0.2, 0.25) is 0 Å². The number of nitrogens with one attached hydrogen (secondary N) is 2. The van der Waals surface area contributed by atoms with E-state index in [1.807, 2.05) is 18.7 Å². The van der Waals surface area contributed by atoms with Gasteiger partial charge in [0.25, 0.3) is 0 Å². The third-order valence-corrected chi connectivity index (χ3v) is 2.73. The second kappa shape index (κ2) is 3.52.